The molecule has 1 aromatic heterocycles. The summed E-state index contributed by atoms with van der Waals surface area (Å²) >= 11 is 0. The second kappa shape index (κ2) is 9.66. The predicted molar refractivity (Wildman–Crippen MR) is 116 cm³/mol. The van der Waals surface area contributed by atoms with E-state index in [0.717, 1.165) is 16.0 Å². The molecule has 0 atom stereocenters. The number of anilines is 1. The van der Waals surface area contributed by atoms with Crippen molar-refractivity contribution in [1.82, 2.24) is 0 Å². The number of hydrogen-bond acceptors (Lipinski definition) is 6. The number of aromatic nitrogens is 1. The lowest BCUT2D eigenvalue weighted by Crippen LogP contribution is -2.36. The normalized spacial score (nSPS) is 10.2. The van der Waals surface area contributed by atoms with E-state index in [0.29, 0.717) is 40.2 Å². The molecular formula is C23H22BN4O3+. The number of pyridine rings is 1. The molecule has 8 heteroatoms. The first-order valence-electron chi connectivity index (χ1n) is 9.67. The lowest BCUT2D eigenvalue weighted by atomic mass is 10.0. The molecule has 0 spiro atoms. The molecule has 0 fully saturated rings. The number of ether oxygens (including phenoxy) is 1. The molecule has 3 rings (SSSR count). The second-order valence-corrected chi connectivity index (χ2v) is 7.17. The van der Waals surface area contributed by atoms with Crippen LogP contribution in [0.2, 0.25) is 0 Å². The van der Waals surface area contributed by atoms with Gasteiger partial charge in [0.2, 0.25) is 14.2 Å². The van der Waals surface area contributed by atoms with E-state index >= 15 is 0 Å². The van der Waals surface area contributed by atoms with Crippen LogP contribution in [0.3, 0.4) is 0 Å². The van der Waals surface area contributed by atoms with Gasteiger partial charge in [0.25, 0.3) is 5.69 Å². The summed E-state index contributed by atoms with van der Waals surface area (Å²) in [6, 6.07) is 18.5. The standard InChI is InChI=1S/C23H22BN4O3/c1-16-23(31-15-19-4-2-3-18(9-19)11-26)22(14-29)20(13-28(16)30)12-27(24)21-7-5-17(10-25)6-8-21/h2-9,13,29-30H,12,14-15,24H2,1H3/q+1. The topological polar surface area (TPSA) is 104 Å². The zero-order chi connectivity index (χ0) is 22.4. The summed E-state index contributed by atoms with van der Waals surface area (Å²) < 4.78 is 6.97. The van der Waals surface area contributed by atoms with Crippen molar-refractivity contribution in [2.24, 2.45) is 0 Å². The van der Waals surface area contributed by atoms with Crippen LogP contribution < -0.4 is 14.3 Å². The highest BCUT2D eigenvalue weighted by Gasteiger charge is 2.24. The molecule has 0 saturated heterocycles. The van der Waals surface area contributed by atoms with E-state index in [1.807, 2.05) is 31.0 Å². The van der Waals surface area contributed by atoms with Gasteiger partial charge in [-0.15, -0.1) is 0 Å². The number of nitriles is 2. The van der Waals surface area contributed by atoms with Crippen molar-refractivity contribution in [2.75, 3.05) is 4.81 Å². The van der Waals surface area contributed by atoms with Gasteiger partial charge in [-0.3, -0.25) is 5.21 Å². The molecule has 2 aromatic carbocycles. The summed E-state index contributed by atoms with van der Waals surface area (Å²) in [5, 5.41) is 38.5. The van der Waals surface area contributed by atoms with E-state index < -0.39 is 0 Å². The van der Waals surface area contributed by atoms with E-state index in [9.17, 15) is 10.3 Å². The molecule has 1 heterocycles. The van der Waals surface area contributed by atoms with Crippen molar-refractivity contribution in [3.8, 4) is 17.9 Å². The van der Waals surface area contributed by atoms with Gasteiger partial charge in [-0.05, 0) is 42.0 Å². The van der Waals surface area contributed by atoms with Crippen molar-refractivity contribution in [2.45, 2.75) is 26.7 Å². The highest BCUT2D eigenvalue weighted by Crippen LogP contribution is 2.27. The van der Waals surface area contributed by atoms with Crippen molar-refractivity contribution >= 4 is 13.7 Å². The van der Waals surface area contributed by atoms with Gasteiger partial charge < -0.3 is 14.7 Å². The molecule has 31 heavy (non-hydrogen) atoms. The first kappa shape index (κ1) is 21.7. The molecule has 0 bridgehead atoms. The van der Waals surface area contributed by atoms with Gasteiger partial charge >= 0.3 is 0 Å². The zero-order valence-corrected chi connectivity index (χ0v) is 17.4. The number of aliphatic hydroxyl groups is 1. The smallest absolute Gasteiger partial charge is 0.272 e. The number of nitrogens with zero attached hydrogens (tertiary/aromatic N) is 4. The Morgan fingerprint density at radius 1 is 1.10 bits per heavy atom. The molecule has 3 aromatic rings. The van der Waals surface area contributed by atoms with Crippen LogP contribution in [0.4, 0.5) is 5.69 Å². The molecule has 0 aliphatic heterocycles. The minimum Gasteiger partial charge on any atom is -0.482 e. The Bertz CT molecular complexity index is 1170. The Hall–Kier alpha value is -4.01. The van der Waals surface area contributed by atoms with E-state index in [1.54, 1.807) is 43.5 Å². The lowest BCUT2D eigenvalue weighted by Gasteiger charge is -2.22. The van der Waals surface area contributed by atoms with Crippen LogP contribution in [0, 0.1) is 29.6 Å². The van der Waals surface area contributed by atoms with E-state index in [1.165, 1.54) is 0 Å². The fraction of sp³-hybridized carbons (Fsp3) is 0.174. The van der Waals surface area contributed by atoms with Crippen LogP contribution in [0.1, 0.15) is 33.5 Å². The minimum atomic E-state index is -0.258. The summed E-state index contributed by atoms with van der Waals surface area (Å²) in [5.74, 6) is 0.401. The lowest BCUT2D eigenvalue weighted by molar-refractivity contribution is -0.909. The maximum atomic E-state index is 10.4. The third-order valence-corrected chi connectivity index (χ3v) is 5.05. The van der Waals surface area contributed by atoms with E-state index in [4.69, 9.17) is 15.3 Å². The second-order valence-electron chi connectivity index (χ2n) is 7.17. The quantitative estimate of drug-likeness (QED) is 0.348. The predicted octanol–water partition coefficient (Wildman–Crippen LogP) is 1.89. The summed E-state index contributed by atoms with van der Waals surface area (Å²) in [7, 11) is 1.89. The van der Waals surface area contributed by atoms with Gasteiger partial charge in [-0.25, -0.2) is 0 Å². The fourth-order valence-corrected chi connectivity index (χ4v) is 3.32. The van der Waals surface area contributed by atoms with Crippen molar-refractivity contribution < 1.29 is 19.8 Å². The Balaban J connectivity index is 1.88. The van der Waals surface area contributed by atoms with Gasteiger partial charge in [-0.1, -0.05) is 12.1 Å². The van der Waals surface area contributed by atoms with E-state index in [2.05, 4.69) is 12.1 Å². The number of aliphatic hydroxyl groups excluding tert-OH is 1. The summed E-state index contributed by atoms with van der Waals surface area (Å²) in [6.07, 6.45) is 1.56. The van der Waals surface area contributed by atoms with Crippen LogP contribution in [-0.2, 0) is 19.8 Å². The molecule has 0 aliphatic rings. The molecule has 0 unspecified atom stereocenters. The van der Waals surface area contributed by atoms with Gasteiger partial charge in [0.1, 0.15) is 6.61 Å². The maximum Gasteiger partial charge on any atom is 0.272 e. The highest BCUT2D eigenvalue weighted by molar-refractivity contribution is 6.17. The van der Waals surface area contributed by atoms with Crippen LogP contribution in [-0.4, -0.2) is 18.3 Å². The van der Waals surface area contributed by atoms with Crippen molar-refractivity contribution in [3.63, 3.8) is 0 Å². The maximum absolute atomic E-state index is 10.4. The van der Waals surface area contributed by atoms with Gasteiger partial charge in [0, 0.05) is 35.0 Å². The average Bonchev–Trinajstić information content (AvgIpc) is 2.80. The van der Waals surface area contributed by atoms with Gasteiger partial charge in [-0.2, -0.15) is 10.5 Å². The Kier molecular flexibility index (Phi) is 6.76. The van der Waals surface area contributed by atoms with Crippen LogP contribution in [0.5, 0.6) is 5.75 Å². The number of hydrogen-bond donors (Lipinski definition) is 2. The monoisotopic (exact) mass is 413 g/mol. The van der Waals surface area contributed by atoms with E-state index in [-0.39, 0.29) is 13.2 Å². The molecular weight excluding hydrogens is 391 g/mol. The summed E-state index contributed by atoms with van der Waals surface area (Å²) in [5.41, 5.74) is 4.56. The molecule has 0 aliphatic carbocycles. The largest absolute Gasteiger partial charge is 0.482 e. The highest BCUT2D eigenvalue weighted by atomic mass is 16.5. The number of rotatable bonds is 7. The van der Waals surface area contributed by atoms with Crippen LogP contribution >= 0.6 is 0 Å². The number of benzene rings is 2. The fourth-order valence-electron chi connectivity index (χ4n) is 3.32. The SMILES string of the molecule is BN(Cc1c[n+](O)c(C)c(OCc2cccc(C#N)c2)c1CO)c1ccc(C#N)cc1. The molecule has 0 amide bonds. The van der Waals surface area contributed by atoms with Crippen molar-refractivity contribution in [3.05, 3.63) is 88.2 Å². The third kappa shape index (κ3) is 4.95. The molecule has 7 nitrogen and oxygen atoms in total. The molecule has 154 valence electrons. The first-order chi connectivity index (χ1) is 15.0. The van der Waals surface area contributed by atoms with Crippen LogP contribution in [0.25, 0.3) is 0 Å². The third-order valence-electron chi connectivity index (χ3n) is 5.05. The minimum absolute atomic E-state index is 0.193. The van der Waals surface area contributed by atoms with Crippen molar-refractivity contribution in [1.29, 1.82) is 10.5 Å². The zero-order valence-electron chi connectivity index (χ0n) is 17.4. The average molecular weight is 413 g/mol. The van der Waals surface area contributed by atoms with Crippen LogP contribution in [0.15, 0.2) is 54.7 Å². The Morgan fingerprint density at radius 3 is 2.45 bits per heavy atom. The summed E-state index contributed by atoms with van der Waals surface area (Å²) in [4.78, 5) is 1.95. The Labute approximate surface area is 182 Å². The summed E-state index contributed by atoms with van der Waals surface area (Å²) in [6.45, 7) is 2.04. The Morgan fingerprint density at radius 2 is 1.81 bits per heavy atom. The molecule has 2 N–H and O–H groups in total. The van der Waals surface area contributed by atoms with Gasteiger partial charge in [0.15, 0.2) is 5.75 Å². The molecule has 0 radical (unpaired) electrons. The van der Waals surface area contributed by atoms with Gasteiger partial charge in [0.05, 0.1) is 29.9 Å². The molecule has 0 saturated carbocycles. The first-order valence-corrected chi connectivity index (χ1v) is 9.67.